The molecule has 0 aliphatic rings. The number of rotatable bonds is 4. The first-order valence-electron chi connectivity index (χ1n) is 5.14. The monoisotopic (exact) mass is 239 g/mol. The van der Waals surface area contributed by atoms with Crippen LogP contribution >= 0.6 is 0 Å². The van der Waals surface area contributed by atoms with Gasteiger partial charge in [0.1, 0.15) is 5.56 Å². The fourth-order valence-corrected chi connectivity index (χ4v) is 1.03. The highest BCUT2D eigenvalue weighted by Crippen LogP contribution is 1.98. The van der Waals surface area contributed by atoms with Crippen LogP contribution in [-0.4, -0.2) is 28.5 Å². The number of carbonyl (C=O) groups excluding carboxylic acids is 2. The topological polar surface area (TPSA) is 101 Å². The van der Waals surface area contributed by atoms with E-state index in [0.29, 0.717) is 0 Å². The first kappa shape index (κ1) is 12.9. The van der Waals surface area contributed by atoms with Crippen molar-refractivity contribution in [2.45, 2.75) is 20.3 Å². The van der Waals surface area contributed by atoms with Crippen LogP contribution in [0.25, 0.3) is 0 Å². The van der Waals surface area contributed by atoms with Gasteiger partial charge in [0, 0.05) is 6.42 Å². The number of aromatic amines is 1. The van der Waals surface area contributed by atoms with E-state index in [1.165, 1.54) is 0 Å². The SMILES string of the molecule is CCOC(=O)c1cnc(NC(=O)CC)[nH]c1=O. The lowest BCUT2D eigenvalue weighted by Crippen LogP contribution is -2.23. The maximum atomic E-state index is 11.5. The van der Waals surface area contributed by atoms with Crippen LogP contribution in [0.4, 0.5) is 5.95 Å². The Hall–Kier alpha value is -2.18. The van der Waals surface area contributed by atoms with Gasteiger partial charge in [-0.05, 0) is 6.92 Å². The molecule has 1 rings (SSSR count). The number of hydrogen-bond acceptors (Lipinski definition) is 5. The van der Waals surface area contributed by atoms with Gasteiger partial charge in [0.05, 0.1) is 12.8 Å². The predicted molar refractivity (Wildman–Crippen MR) is 59.7 cm³/mol. The normalized spacial score (nSPS) is 9.76. The number of amides is 1. The molecule has 0 unspecified atom stereocenters. The molecule has 1 heterocycles. The van der Waals surface area contributed by atoms with Gasteiger partial charge < -0.3 is 4.74 Å². The van der Waals surface area contributed by atoms with E-state index in [0.717, 1.165) is 6.20 Å². The van der Waals surface area contributed by atoms with Gasteiger partial charge in [0.25, 0.3) is 5.56 Å². The lowest BCUT2D eigenvalue weighted by Gasteiger charge is -2.03. The zero-order valence-corrected chi connectivity index (χ0v) is 9.57. The minimum atomic E-state index is -0.741. The predicted octanol–water partition coefficient (Wildman–Crippen LogP) is 0.295. The quantitative estimate of drug-likeness (QED) is 0.735. The Morgan fingerprint density at radius 3 is 2.71 bits per heavy atom. The molecule has 7 heteroatoms. The van der Waals surface area contributed by atoms with E-state index in [-0.39, 0.29) is 30.4 Å². The van der Waals surface area contributed by atoms with Crippen LogP contribution in [0.3, 0.4) is 0 Å². The molecule has 7 nitrogen and oxygen atoms in total. The summed E-state index contributed by atoms with van der Waals surface area (Å²) in [6.07, 6.45) is 1.34. The largest absolute Gasteiger partial charge is 0.462 e. The van der Waals surface area contributed by atoms with Crippen LogP contribution in [0.2, 0.25) is 0 Å². The van der Waals surface area contributed by atoms with Gasteiger partial charge in [-0.3, -0.25) is 19.9 Å². The molecule has 0 fully saturated rings. The minimum absolute atomic E-state index is 0.00917. The second-order valence-electron chi connectivity index (χ2n) is 3.10. The molecule has 1 amide bonds. The third kappa shape index (κ3) is 3.40. The Kier molecular flexibility index (Phi) is 4.38. The molecule has 0 aromatic carbocycles. The third-order valence-corrected chi connectivity index (χ3v) is 1.87. The summed E-state index contributed by atoms with van der Waals surface area (Å²) < 4.78 is 4.66. The van der Waals surface area contributed by atoms with Crippen LogP contribution in [-0.2, 0) is 9.53 Å². The summed E-state index contributed by atoms with van der Waals surface area (Å²) in [4.78, 5) is 39.8. The zero-order valence-electron chi connectivity index (χ0n) is 9.57. The highest BCUT2D eigenvalue weighted by Gasteiger charge is 2.13. The number of carbonyl (C=O) groups is 2. The van der Waals surface area contributed by atoms with Gasteiger partial charge in [-0.15, -0.1) is 0 Å². The van der Waals surface area contributed by atoms with Crippen molar-refractivity contribution in [3.63, 3.8) is 0 Å². The summed E-state index contributed by atoms with van der Waals surface area (Å²) in [6.45, 7) is 3.47. The number of nitrogens with zero attached hydrogens (tertiary/aromatic N) is 1. The summed E-state index contributed by atoms with van der Waals surface area (Å²) in [5, 5.41) is 2.37. The second-order valence-corrected chi connectivity index (χ2v) is 3.10. The first-order chi connectivity index (χ1) is 8.08. The van der Waals surface area contributed by atoms with E-state index < -0.39 is 11.5 Å². The van der Waals surface area contributed by atoms with Crippen molar-refractivity contribution in [3.05, 3.63) is 22.1 Å². The van der Waals surface area contributed by atoms with Gasteiger partial charge in [0.2, 0.25) is 11.9 Å². The van der Waals surface area contributed by atoms with Crippen molar-refractivity contribution in [1.29, 1.82) is 0 Å². The average molecular weight is 239 g/mol. The molecule has 0 saturated heterocycles. The van der Waals surface area contributed by atoms with Gasteiger partial charge >= 0.3 is 5.97 Å². The summed E-state index contributed by atoms with van der Waals surface area (Å²) in [5.74, 6) is -1.01. The number of hydrogen-bond donors (Lipinski definition) is 2. The van der Waals surface area contributed by atoms with Crippen molar-refractivity contribution in [2.24, 2.45) is 0 Å². The lowest BCUT2D eigenvalue weighted by atomic mass is 10.3. The zero-order chi connectivity index (χ0) is 12.8. The van der Waals surface area contributed by atoms with Gasteiger partial charge in [-0.2, -0.15) is 0 Å². The highest BCUT2D eigenvalue weighted by molar-refractivity contribution is 5.90. The van der Waals surface area contributed by atoms with E-state index in [4.69, 9.17) is 0 Å². The van der Waals surface area contributed by atoms with E-state index in [2.05, 4.69) is 20.0 Å². The molecule has 0 atom stereocenters. The number of anilines is 1. The Morgan fingerprint density at radius 2 is 2.18 bits per heavy atom. The standard InChI is InChI=1S/C10H13N3O4/c1-3-7(14)12-10-11-5-6(8(15)13-10)9(16)17-4-2/h5H,3-4H2,1-2H3,(H2,11,12,13,14,15). The van der Waals surface area contributed by atoms with Gasteiger partial charge in [-0.25, -0.2) is 9.78 Å². The molecule has 92 valence electrons. The average Bonchev–Trinajstić information content (AvgIpc) is 2.29. The maximum absolute atomic E-state index is 11.5. The van der Waals surface area contributed by atoms with Crippen molar-refractivity contribution in [2.75, 3.05) is 11.9 Å². The Bertz CT molecular complexity index is 481. The molecule has 0 aliphatic heterocycles. The molecular formula is C10H13N3O4. The lowest BCUT2D eigenvalue weighted by molar-refractivity contribution is -0.115. The molecule has 0 bridgehead atoms. The molecule has 2 N–H and O–H groups in total. The smallest absolute Gasteiger partial charge is 0.345 e. The van der Waals surface area contributed by atoms with Crippen LogP contribution in [0.15, 0.2) is 11.0 Å². The van der Waals surface area contributed by atoms with Crippen molar-refractivity contribution < 1.29 is 14.3 Å². The number of H-pyrrole nitrogens is 1. The van der Waals surface area contributed by atoms with Crippen LogP contribution in [0, 0.1) is 0 Å². The maximum Gasteiger partial charge on any atom is 0.345 e. The number of nitrogens with one attached hydrogen (secondary N) is 2. The summed E-state index contributed by atoms with van der Waals surface area (Å²) in [7, 11) is 0. The van der Waals surface area contributed by atoms with Crippen molar-refractivity contribution >= 4 is 17.8 Å². The van der Waals surface area contributed by atoms with Gasteiger partial charge in [0.15, 0.2) is 0 Å². The van der Waals surface area contributed by atoms with Crippen molar-refractivity contribution in [3.8, 4) is 0 Å². The fourth-order valence-electron chi connectivity index (χ4n) is 1.03. The number of ether oxygens (including phenoxy) is 1. The number of aromatic nitrogens is 2. The van der Waals surface area contributed by atoms with Crippen LogP contribution < -0.4 is 10.9 Å². The Labute approximate surface area is 97.2 Å². The first-order valence-corrected chi connectivity index (χ1v) is 5.14. The summed E-state index contributed by atoms with van der Waals surface area (Å²) >= 11 is 0. The fraction of sp³-hybridized carbons (Fsp3) is 0.400. The van der Waals surface area contributed by atoms with Crippen LogP contribution in [0.1, 0.15) is 30.6 Å². The summed E-state index contributed by atoms with van der Waals surface area (Å²) in [6, 6.07) is 0. The van der Waals surface area contributed by atoms with E-state index in [9.17, 15) is 14.4 Å². The highest BCUT2D eigenvalue weighted by atomic mass is 16.5. The Morgan fingerprint density at radius 1 is 1.47 bits per heavy atom. The molecule has 0 spiro atoms. The molecule has 0 saturated carbocycles. The van der Waals surface area contributed by atoms with Gasteiger partial charge in [-0.1, -0.05) is 6.92 Å². The minimum Gasteiger partial charge on any atom is -0.462 e. The molecule has 1 aromatic rings. The third-order valence-electron chi connectivity index (χ3n) is 1.87. The molecule has 1 aromatic heterocycles. The molecular weight excluding hydrogens is 226 g/mol. The molecule has 0 aliphatic carbocycles. The van der Waals surface area contributed by atoms with E-state index in [1.54, 1.807) is 13.8 Å². The number of esters is 1. The van der Waals surface area contributed by atoms with E-state index in [1.807, 2.05) is 0 Å². The Balaban J connectivity index is 2.90. The second kappa shape index (κ2) is 5.78. The van der Waals surface area contributed by atoms with Crippen molar-refractivity contribution in [1.82, 2.24) is 9.97 Å². The van der Waals surface area contributed by atoms with E-state index >= 15 is 0 Å². The molecule has 0 radical (unpaired) electrons. The molecule has 17 heavy (non-hydrogen) atoms. The summed E-state index contributed by atoms with van der Waals surface area (Å²) in [5.41, 5.74) is -0.841. The van der Waals surface area contributed by atoms with Crippen LogP contribution in [0.5, 0.6) is 0 Å².